The van der Waals surface area contributed by atoms with Crippen LogP contribution in [0.15, 0.2) is 103 Å². The van der Waals surface area contributed by atoms with Crippen molar-refractivity contribution < 1.29 is 23.7 Å². The lowest BCUT2D eigenvalue weighted by Gasteiger charge is -2.10. The summed E-state index contributed by atoms with van der Waals surface area (Å²) >= 11 is 0. The third-order valence-electron chi connectivity index (χ3n) is 6.20. The Morgan fingerprint density at radius 3 is 2.28 bits per heavy atom. The van der Waals surface area contributed by atoms with Gasteiger partial charge in [0.05, 0.1) is 5.52 Å². The SMILES string of the molecule is COCOc1ccc(C(=O)NCCc2c[nH]c3c(Oc4ccc(OCc5ccccc5)cc4)cccc23)cc1. The zero-order valence-corrected chi connectivity index (χ0v) is 21.7. The van der Waals surface area contributed by atoms with Crippen LogP contribution in [0.3, 0.4) is 0 Å². The quantitative estimate of drug-likeness (QED) is 0.183. The highest BCUT2D eigenvalue weighted by molar-refractivity contribution is 5.94. The lowest BCUT2D eigenvalue weighted by Crippen LogP contribution is -2.25. The molecule has 0 saturated heterocycles. The maximum atomic E-state index is 12.5. The standard InChI is InChI=1S/C32H30N2O5/c1-36-22-38-27-12-10-24(11-13-27)32(35)33-19-18-25-20-34-31-29(25)8-5-9-30(31)39-28-16-14-26(15-17-28)37-21-23-6-3-2-4-7-23/h2-17,20,34H,18-19,21-22H2,1H3,(H,33,35). The number of benzene rings is 4. The summed E-state index contributed by atoms with van der Waals surface area (Å²) in [5.41, 5.74) is 3.71. The number of nitrogens with one attached hydrogen (secondary N) is 2. The molecule has 0 unspecified atom stereocenters. The number of aromatic nitrogens is 1. The lowest BCUT2D eigenvalue weighted by atomic mass is 10.1. The fourth-order valence-corrected chi connectivity index (χ4v) is 4.19. The molecule has 5 rings (SSSR count). The lowest BCUT2D eigenvalue weighted by molar-refractivity contribution is 0.0511. The summed E-state index contributed by atoms with van der Waals surface area (Å²) in [5.74, 6) is 2.75. The summed E-state index contributed by atoms with van der Waals surface area (Å²) in [6.45, 7) is 1.19. The number of fused-ring (bicyclic) bond motifs is 1. The Labute approximate surface area is 227 Å². The third kappa shape index (κ3) is 6.77. The Morgan fingerprint density at radius 2 is 1.51 bits per heavy atom. The molecule has 0 atom stereocenters. The van der Waals surface area contributed by atoms with Crippen LogP contribution in [0.1, 0.15) is 21.5 Å². The molecule has 7 heteroatoms. The van der Waals surface area contributed by atoms with E-state index in [1.165, 1.54) is 0 Å². The van der Waals surface area contributed by atoms with Crippen LogP contribution in [0.5, 0.6) is 23.0 Å². The molecule has 5 aromatic rings. The zero-order valence-electron chi connectivity index (χ0n) is 21.7. The van der Waals surface area contributed by atoms with Crippen LogP contribution in [-0.2, 0) is 17.8 Å². The fraction of sp³-hybridized carbons (Fsp3) is 0.156. The zero-order chi connectivity index (χ0) is 26.9. The maximum Gasteiger partial charge on any atom is 0.251 e. The van der Waals surface area contributed by atoms with Crippen molar-refractivity contribution in [3.05, 3.63) is 120 Å². The number of methoxy groups -OCH3 is 1. The molecule has 0 aliphatic carbocycles. The molecular weight excluding hydrogens is 492 g/mol. The highest BCUT2D eigenvalue weighted by Crippen LogP contribution is 2.32. The number of H-pyrrole nitrogens is 1. The smallest absolute Gasteiger partial charge is 0.251 e. The molecule has 0 fully saturated rings. The van der Waals surface area contributed by atoms with Gasteiger partial charge in [0.15, 0.2) is 12.5 Å². The Kier molecular flexibility index (Phi) is 8.41. The van der Waals surface area contributed by atoms with Crippen LogP contribution in [0.4, 0.5) is 0 Å². The van der Waals surface area contributed by atoms with E-state index in [0.29, 0.717) is 30.9 Å². The Bertz CT molecular complexity index is 1500. The summed E-state index contributed by atoms with van der Waals surface area (Å²) < 4.78 is 22.3. The van der Waals surface area contributed by atoms with Gasteiger partial charge < -0.3 is 29.2 Å². The number of rotatable bonds is 12. The van der Waals surface area contributed by atoms with Crippen molar-refractivity contribution in [1.29, 1.82) is 0 Å². The van der Waals surface area contributed by atoms with Gasteiger partial charge in [-0.05, 0) is 72.1 Å². The Hall–Kier alpha value is -4.75. The van der Waals surface area contributed by atoms with Crippen molar-refractivity contribution in [2.45, 2.75) is 13.0 Å². The maximum absolute atomic E-state index is 12.5. The molecule has 0 saturated carbocycles. The van der Waals surface area contributed by atoms with Crippen LogP contribution >= 0.6 is 0 Å². The van der Waals surface area contributed by atoms with Crippen LogP contribution < -0.4 is 19.5 Å². The van der Waals surface area contributed by atoms with E-state index >= 15 is 0 Å². The van der Waals surface area contributed by atoms with Crippen LogP contribution in [0, 0.1) is 0 Å². The second-order valence-electron chi connectivity index (χ2n) is 8.92. The van der Waals surface area contributed by atoms with Gasteiger partial charge in [0.2, 0.25) is 0 Å². The van der Waals surface area contributed by atoms with Gasteiger partial charge in [0.1, 0.15) is 23.9 Å². The Morgan fingerprint density at radius 1 is 0.795 bits per heavy atom. The summed E-state index contributed by atoms with van der Waals surface area (Å²) in [7, 11) is 1.56. The topological polar surface area (TPSA) is 81.8 Å². The molecule has 0 bridgehead atoms. The molecule has 4 aromatic carbocycles. The van der Waals surface area contributed by atoms with Gasteiger partial charge in [-0.3, -0.25) is 4.79 Å². The number of hydrogen-bond donors (Lipinski definition) is 2. The molecule has 39 heavy (non-hydrogen) atoms. The van der Waals surface area contributed by atoms with Crippen molar-refractivity contribution in [3.8, 4) is 23.0 Å². The summed E-state index contributed by atoms with van der Waals surface area (Å²) in [5, 5.41) is 4.04. The summed E-state index contributed by atoms with van der Waals surface area (Å²) in [6.07, 6.45) is 2.64. The second kappa shape index (κ2) is 12.7. The minimum Gasteiger partial charge on any atom is -0.489 e. The number of para-hydroxylation sites is 1. The Balaban J connectivity index is 1.16. The van der Waals surface area contributed by atoms with Crippen molar-refractivity contribution >= 4 is 16.8 Å². The number of aromatic amines is 1. The van der Waals surface area contributed by atoms with Crippen LogP contribution in [0.2, 0.25) is 0 Å². The second-order valence-corrected chi connectivity index (χ2v) is 8.92. The number of carbonyl (C=O) groups is 1. The van der Waals surface area contributed by atoms with E-state index in [0.717, 1.165) is 39.3 Å². The first kappa shape index (κ1) is 25.9. The molecule has 2 N–H and O–H groups in total. The van der Waals surface area contributed by atoms with E-state index in [9.17, 15) is 4.79 Å². The summed E-state index contributed by atoms with van der Waals surface area (Å²) in [6, 6.07) is 30.6. The normalized spacial score (nSPS) is 10.8. The van der Waals surface area contributed by atoms with E-state index in [1.807, 2.05) is 72.9 Å². The van der Waals surface area contributed by atoms with E-state index in [-0.39, 0.29) is 12.7 Å². The van der Waals surface area contributed by atoms with E-state index in [2.05, 4.69) is 16.4 Å². The van der Waals surface area contributed by atoms with Gasteiger partial charge in [0.25, 0.3) is 5.91 Å². The first-order valence-electron chi connectivity index (χ1n) is 12.7. The molecule has 1 amide bonds. The number of ether oxygens (including phenoxy) is 4. The van der Waals surface area contributed by atoms with Crippen molar-refractivity contribution in [3.63, 3.8) is 0 Å². The minimum absolute atomic E-state index is 0.131. The molecule has 0 aliphatic rings. The molecule has 198 valence electrons. The highest BCUT2D eigenvalue weighted by atomic mass is 16.7. The molecule has 0 spiro atoms. The molecular formula is C32H30N2O5. The molecule has 1 aromatic heterocycles. The largest absolute Gasteiger partial charge is 0.489 e. The van der Waals surface area contributed by atoms with E-state index in [4.69, 9.17) is 18.9 Å². The predicted octanol–water partition coefficient (Wildman–Crippen LogP) is 6.49. The van der Waals surface area contributed by atoms with Crippen LogP contribution in [0.25, 0.3) is 10.9 Å². The van der Waals surface area contributed by atoms with Gasteiger partial charge in [-0.2, -0.15) is 0 Å². The highest BCUT2D eigenvalue weighted by Gasteiger charge is 2.11. The van der Waals surface area contributed by atoms with E-state index in [1.54, 1.807) is 31.4 Å². The van der Waals surface area contributed by atoms with Gasteiger partial charge in [0, 0.05) is 30.8 Å². The van der Waals surface area contributed by atoms with E-state index < -0.39 is 0 Å². The predicted molar refractivity (Wildman–Crippen MR) is 151 cm³/mol. The minimum atomic E-state index is -0.131. The molecule has 7 nitrogen and oxygen atoms in total. The van der Waals surface area contributed by atoms with Crippen molar-refractivity contribution in [2.75, 3.05) is 20.4 Å². The number of amides is 1. The number of hydrogen-bond acceptors (Lipinski definition) is 5. The van der Waals surface area contributed by atoms with Gasteiger partial charge >= 0.3 is 0 Å². The number of carbonyl (C=O) groups excluding carboxylic acids is 1. The first-order valence-corrected chi connectivity index (χ1v) is 12.7. The molecule has 0 aliphatic heterocycles. The van der Waals surface area contributed by atoms with Gasteiger partial charge in [-0.25, -0.2) is 0 Å². The van der Waals surface area contributed by atoms with Crippen molar-refractivity contribution in [1.82, 2.24) is 10.3 Å². The third-order valence-corrected chi connectivity index (χ3v) is 6.20. The van der Waals surface area contributed by atoms with Gasteiger partial charge in [-0.1, -0.05) is 42.5 Å². The average Bonchev–Trinajstić information content (AvgIpc) is 3.40. The summed E-state index contributed by atoms with van der Waals surface area (Å²) in [4.78, 5) is 15.9. The monoisotopic (exact) mass is 522 g/mol. The van der Waals surface area contributed by atoms with Crippen LogP contribution in [-0.4, -0.2) is 31.3 Å². The van der Waals surface area contributed by atoms with Gasteiger partial charge in [-0.15, -0.1) is 0 Å². The average molecular weight is 523 g/mol. The molecule has 0 radical (unpaired) electrons. The fourth-order valence-electron chi connectivity index (χ4n) is 4.19. The molecule has 1 heterocycles. The first-order chi connectivity index (χ1) is 19.2. The van der Waals surface area contributed by atoms with Crippen molar-refractivity contribution in [2.24, 2.45) is 0 Å².